The van der Waals surface area contributed by atoms with E-state index in [0.29, 0.717) is 30.7 Å². The van der Waals surface area contributed by atoms with Gasteiger partial charge in [-0.05, 0) is 19.3 Å². The maximum Gasteiger partial charge on any atom is 0.138 e. The van der Waals surface area contributed by atoms with Gasteiger partial charge < -0.3 is 15.0 Å². The van der Waals surface area contributed by atoms with E-state index in [-0.39, 0.29) is 1.43 Å². The van der Waals surface area contributed by atoms with Gasteiger partial charge >= 0.3 is 0 Å². The lowest BCUT2D eigenvalue weighted by atomic mass is 10.0. The van der Waals surface area contributed by atoms with Crippen LogP contribution in [0.5, 0.6) is 0 Å². The van der Waals surface area contributed by atoms with E-state index in [2.05, 4.69) is 31.0 Å². The molecule has 1 N–H and O–H groups in total. The molecule has 5 nitrogen and oxygen atoms in total. The zero-order valence-electron chi connectivity index (χ0n) is 13.8. The van der Waals surface area contributed by atoms with Crippen molar-refractivity contribution in [3.05, 3.63) is 17.1 Å². The summed E-state index contributed by atoms with van der Waals surface area (Å²) >= 11 is 0. The van der Waals surface area contributed by atoms with Crippen molar-refractivity contribution >= 4 is 5.82 Å². The van der Waals surface area contributed by atoms with Gasteiger partial charge in [-0.25, -0.2) is 9.97 Å². The van der Waals surface area contributed by atoms with Crippen LogP contribution in [0.15, 0.2) is 0 Å². The predicted molar refractivity (Wildman–Crippen MR) is 88.3 cm³/mol. The van der Waals surface area contributed by atoms with Crippen LogP contribution in [0, 0.1) is 0 Å². The van der Waals surface area contributed by atoms with Crippen molar-refractivity contribution in [3.63, 3.8) is 0 Å². The average molecular weight is 304 g/mol. The van der Waals surface area contributed by atoms with Crippen molar-refractivity contribution in [1.82, 2.24) is 15.3 Å². The molecule has 3 aliphatic rings. The molecular formula is C17H28N4O. The van der Waals surface area contributed by atoms with Crippen molar-refractivity contribution in [2.75, 3.05) is 18.1 Å². The summed E-state index contributed by atoms with van der Waals surface area (Å²) in [6.45, 7) is 9.02. The zero-order valence-corrected chi connectivity index (χ0v) is 13.8. The van der Waals surface area contributed by atoms with E-state index in [4.69, 9.17) is 14.7 Å². The standard InChI is InChI=1S/C17H26N4O.H2/c1-4-13-12-8-22-9-15-14-6-5-11(18-14)7-21(15)17(12)20-16(19-13)10(2)3;/h10-11,14-15,18H,4-9H2,1-3H3;1H/t11-,14+,15?;/m0./s1. The number of piperazine rings is 1. The molecule has 2 saturated heterocycles. The number of nitrogens with zero attached hydrogens (tertiary/aromatic N) is 3. The van der Waals surface area contributed by atoms with E-state index < -0.39 is 0 Å². The summed E-state index contributed by atoms with van der Waals surface area (Å²) in [4.78, 5) is 12.3. The summed E-state index contributed by atoms with van der Waals surface area (Å²) in [6.07, 6.45) is 3.47. The molecule has 122 valence electrons. The lowest BCUT2D eigenvalue weighted by Crippen LogP contribution is -2.59. The molecule has 2 fully saturated rings. The van der Waals surface area contributed by atoms with Gasteiger partial charge in [-0.15, -0.1) is 0 Å². The van der Waals surface area contributed by atoms with E-state index in [9.17, 15) is 0 Å². The highest BCUT2D eigenvalue weighted by Gasteiger charge is 2.43. The molecular weight excluding hydrogens is 276 g/mol. The summed E-state index contributed by atoms with van der Waals surface area (Å²) in [5, 5.41) is 3.75. The molecule has 0 amide bonds. The average Bonchev–Trinajstić information content (AvgIpc) is 2.80. The molecule has 1 unspecified atom stereocenters. The van der Waals surface area contributed by atoms with Gasteiger partial charge in [0.25, 0.3) is 0 Å². The van der Waals surface area contributed by atoms with Crippen LogP contribution in [0.2, 0.25) is 0 Å². The third kappa shape index (κ3) is 2.22. The third-order valence-electron chi connectivity index (χ3n) is 5.30. The molecule has 1 aromatic rings. The molecule has 5 heteroatoms. The smallest absolute Gasteiger partial charge is 0.138 e. The first-order chi connectivity index (χ1) is 10.7. The van der Waals surface area contributed by atoms with Crippen molar-refractivity contribution < 1.29 is 6.16 Å². The van der Waals surface area contributed by atoms with Gasteiger partial charge in [0.2, 0.25) is 0 Å². The summed E-state index contributed by atoms with van der Waals surface area (Å²) in [7, 11) is 0. The first-order valence-electron chi connectivity index (χ1n) is 8.67. The van der Waals surface area contributed by atoms with E-state index in [0.717, 1.165) is 31.2 Å². The van der Waals surface area contributed by atoms with Crippen molar-refractivity contribution in [2.45, 2.75) is 70.7 Å². The topological polar surface area (TPSA) is 50.3 Å². The van der Waals surface area contributed by atoms with E-state index in [1.807, 2.05) is 0 Å². The van der Waals surface area contributed by atoms with Gasteiger partial charge in [0.1, 0.15) is 11.6 Å². The Balaban J connectivity index is 0.00000156. The molecule has 0 aromatic carbocycles. The van der Waals surface area contributed by atoms with Crippen molar-refractivity contribution in [2.24, 2.45) is 0 Å². The van der Waals surface area contributed by atoms with Gasteiger partial charge in [0, 0.05) is 31.5 Å². The van der Waals surface area contributed by atoms with E-state index >= 15 is 0 Å². The number of hydrogen-bond acceptors (Lipinski definition) is 5. The second kappa shape index (κ2) is 5.46. The van der Waals surface area contributed by atoms with Crippen LogP contribution in [-0.4, -0.2) is 41.2 Å². The Kier molecular flexibility index (Phi) is 3.57. The van der Waals surface area contributed by atoms with Crippen LogP contribution >= 0.6 is 0 Å². The Hall–Kier alpha value is -1.20. The van der Waals surface area contributed by atoms with Crippen LogP contribution in [-0.2, 0) is 17.8 Å². The lowest BCUT2D eigenvalue weighted by molar-refractivity contribution is 0.1000. The highest BCUT2D eigenvalue weighted by Crippen LogP contribution is 2.35. The molecule has 0 saturated carbocycles. The normalized spacial score (nSPS) is 30.2. The number of hydrogen-bond donors (Lipinski definition) is 1. The highest BCUT2D eigenvalue weighted by atomic mass is 16.5. The van der Waals surface area contributed by atoms with Crippen LogP contribution in [0.1, 0.15) is 58.0 Å². The number of fused-ring (bicyclic) bond motifs is 6. The van der Waals surface area contributed by atoms with Gasteiger partial charge in [-0.1, -0.05) is 20.8 Å². The predicted octanol–water partition coefficient (Wildman–Crippen LogP) is 2.25. The van der Waals surface area contributed by atoms with Crippen molar-refractivity contribution in [1.29, 1.82) is 0 Å². The number of aryl methyl sites for hydroxylation is 1. The summed E-state index contributed by atoms with van der Waals surface area (Å²) < 4.78 is 6.02. The summed E-state index contributed by atoms with van der Waals surface area (Å²) in [5.41, 5.74) is 2.39. The first kappa shape index (κ1) is 14.4. The number of ether oxygens (including phenoxy) is 1. The molecule has 3 atom stereocenters. The number of anilines is 1. The van der Waals surface area contributed by atoms with Gasteiger partial charge in [-0.3, -0.25) is 0 Å². The van der Waals surface area contributed by atoms with Crippen LogP contribution in [0.25, 0.3) is 0 Å². The molecule has 1 aromatic heterocycles. The highest BCUT2D eigenvalue weighted by molar-refractivity contribution is 5.52. The molecule has 4 heterocycles. The molecule has 3 aliphatic heterocycles. The maximum atomic E-state index is 6.02. The second-order valence-electron chi connectivity index (χ2n) is 7.12. The van der Waals surface area contributed by atoms with Gasteiger partial charge in [0.15, 0.2) is 0 Å². The molecule has 4 rings (SSSR count). The largest absolute Gasteiger partial charge is 0.374 e. The van der Waals surface area contributed by atoms with Crippen LogP contribution in [0.3, 0.4) is 0 Å². The minimum absolute atomic E-state index is 0. The van der Waals surface area contributed by atoms with E-state index in [1.54, 1.807) is 0 Å². The zero-order chi connectivity index (χ0) is 15.3. The summed E-state index contributed by atoms with van der Waals surface area (Å²) in [6, 6.07) is 1.57. The molecule has 0 aliphatic carbocycles. The minimum Gasteiger partial charge on any atom is -0.374 e. The Morgan fingerprint density at radius 1 is 1.36 bits per heavy atom. The molecule has 22 heavy (non-hydrogen) atoms. The monoisotopic (exact) mass is 304 g/mol. The van der Waals surface area contributed by atoms with Crippen LogP contribution in [0.4, 0.5) is 5.82 Å². The number of rotatable bonds is 2. The van der Waals surface area contributed by atoms with E-state index in [1.165, 1.54) is 24.1 Å². The fraction of sp³-hybridized carbons (Fsp3) is 0.765. The fourth-order valence-corrected chi connectivity index (χ4v) is 4.09. The number of aromatic nitrogens is 2. The quantitative estimate of drug-likeness (QED) is 0.908. The lowest BCUT2D eigenvalue weighted by Gasteiger charge is -2.41. The van der Waals surface area contributed by atoms with Gasteiger partial charge in [0.05, 0.1) is 24.9 Å². The minimum atomic E-state index is 0. The van der Waals surface area contributed by atoms with Crippen molar-refractivity contribution in [3.8, 4) is 0 Å². The second-order valence-corrected chi connectivity index (χ2v) is 7.12. The van der Waals surface area contributed by atoms with Gasteiger partial charge in [-0.2, -0.15) is 0 Å². The molecule has 2 bridgehead atoms. The molecule has 0 spiro atoms. The Bertz CT molecular complexity index is 580. The first-order valence-corrected chi connectivity index (χ1v) is 8.67. The summed E-state index contributed by atoms with van der Waals surface area (Å²) in [5.74, 6) is 2.48. The Labute approximate surface area is 134 Å². The fourth-order valence-electron chi connectivity index (χ4n) is 4.09. The Morgan fingerprint density at radius 3 is 3.00 bits per heavy atom. The third-order valence-corrected chi connectivity index (χ3v) is 5.30. The molecule has 0 radical (unpaired) electrons. The number of nitrogens with one attached hydrogen (secondary N) is 1. The Morgan fingerprint density at radius 2 is 2.23 bits per heavy atom. The maximum absolute atomic E-state index is 6.02. The van der Waals surface area contributed by atoms with Crippen LogP contribution < -0.4 is 10.2 Å². The SMILES string of the molecule is CCc1nc(C(C)C)nc2c1COCC1[C@H]3CC[C@@H](CN21)N3.[HH].